The minimum absolute atomic E-state index is 0. The molecule has 0 saturated carbocycles. The van der Waals surface area contributed by atoms with Gasteiger partial charge in [0.05, 0.1) is 0 Å². The van der Waals surface area contributed by atoms with Crippen LogP contribution in [0.4, 0.5) is 0 Å². The molecule has 0 aliphatic carbocycles. The van der Waals surface area contributed by atoms with Crippen LogP contribution in [0.5, 0.6) is 0 Å². The Morgan fingerprint density at radius 3 is 1.00 bits per heavy atom. The number of hydrogen-bond donors (Lipinski definition) is 0. The molecule has 0 spiro atoms. The fourth-order valence-corrected chi connectivity index (χ4v) is 0. The normalized spacial score (nSPS) is 0. The molecular formula is H3BiPdPtRu. The first kappa shape index (κ1) is 28.8. The Labute approximate surface area is 85.7 Å². The van der Waals surface area contributed by atoms with Gasteiger partial charge in [0, 0.05) is 61.0 Å². The number of hydrogen-bond acceptors (Lipinski definition) is 0. The second-order valence-corrected chi connectivity index (χ2v) is 0. The molecule has 0 nitrogen and oxygen atoms in total. The van der Waals surface area contributed by atoms with E-state index in [2.05, 4.69) is 0 Å². The fourth-order valence-electron chi connectivity index (χ4n) is 0. The first-order chi connectivity index (χ1) is 0. The molecule has 0 aromatic rings. The molecule has 0 N–H and O–H groups in total. The standard InChI is InChI=1S/Bi.Pd.Pt.Ru.3H. The van der Waals surface area contributed by atoms with E-state index in [0.29, 0.717) is 0 Å². The second kappa shape index (κ2) is 16.9. The Kier molecular flexibility index (Phi) is 122. The summed E-state index contributed by atoms with van der Waals surface area (Å²) < 4.78 is 0. The van der Waals surface area contributed by atoms with Crippen molar-refractivity contribution in [2.45, 2.75) is 0 Å². The van der Waals surface area contributed by atoms with Crippen molar-refractivity contribution < 1.29 is 61.0 Å². The molecular weight excluding hydrogens is 612 g/mol. The molecule has 0 atom stereocenters. The van der Waals surface area contributed by atoms with Crippen molar-refractivity contribution in [3.05, 3.63) is 0 Å². The second-order valence-electron chi connectivity index (χ2n) is 0. The maximum atomic E-state index is 0. The van der Waals surface area contributed by atoms with Gasteiger partial charge in [0.25, 0.3) is 0 Å². The van der Waals surface area contributed by atoms with Crippen molar-refractivity contribution in [2.24, 2.45) is 0 Å². The minimum Gasteiger partial charge on any atom is 0 e. The van der Waals surface area contributed by atoms with Crippen molar-refractivity contribution in [1.29, 1.82) is 0 Å². The average molecular weight is 615 g/mol. The zero-order chi connectivity index (χ0) is 0. The summed E-state index contributed by atoms with van der Waals surface area (Å²) in [6.45, 7) is 0. The maximum Gasteiger partial charge on any atom is 0 e. The maximum absolute atomic E-state index is 0. The molecule has 0 aliphatic rings. The fraction of sp³-hybridized carbons (Fsp3) is 0. The van der Waals surface area contributed by atoms with Crippen molar-refractivity contribution in [1.82, 2.24) is 0 Å². The summed E-state index contributed by atoms with van der Waals surface area (Å²) in [6.07, 6.45) is 0. The van der Waals surface area contributed by atoms with Crippen molar-refractivity contribution in [3.63, 3.8) is 0 Å². The molecule has 0 bridgehead atoms. The van der Waals surface area contributed by atoms with Gasteiger partial charge in [-0.2, -0.15) is 0 Å². The van der Waals surface area contributed by atoms with Crippen LogP contribution in [0.2, 0.25) is 0 Å². The third kappa shape index (κ3) is 8.85. The van der Waals surface area contributed by atoms with Gasteiger partial charge in [-0.15, -0.1) is 0 Å². The zero-order valence-corrected chi connectivity index (χ0v) is 12.8. The predicted octanol–water partition coefficient (Wildman–Crippen LogP) is -1.19. The quantitative estimate of drug-likeness (QED) is 0.302. The summed E-state index contributed by atoms with van der Waals surface area (Å²) in [5, 5.41) is 0. The molecule has 0 unspecified atom stereocenters. The molecule has 0 aliphatic heterocycles. The van der Waals surface area contributed by atoms with Gasteiger partial charge < -0.3 is 0 Å². The Bertz CT molecular complexity index is 8.00. The van der Waals surface area contributed by atoms with Crippen LogP contribution < -0.4 is 0 Å². The van der Waals surface area contributed by atoms with Crippen molar-refractivity contribution in [2.75, 3.05) is 0 Å². The molecule has 4 heteroatoms. The van der Waals surface area contributed by atoms with E-state index in [4.69, 9.17) is 0 Å². The van der Waals surface area contributed by atoms with Gasteiger partial charge >= 0.3 is 26.2 Å². The molecule has 0 amide bonds. The van der Waals surface area contributed by atoms with E-state index in [0.717, 1.165) is 0 Å². The van der Waals surface area contributed by atoms with Crippen LogP contribution in [0.15, 0.2) is 0 Å². The van der Waals surface area contributed by atoms with Crippen LogP contribution in [0.25, 0.3) is 0 Å². The first-order valence-corrected chi connectivity index (χ1v) is 0. The molecule has 0 rings (SSSR count). The van der Waals surface area contributed by atoms with Crippen LogP contribution in [-0.4, -0.2) is 26.2 Å². The first-order valence-electron chi connectivity index (χ1n) is 0. The Morgan fingerprint density at radius 2 is 1.00 bits per heavy atom. The van der Waals surface area contributed by atoms with Gasteiger partial charge in [0.15, 0.2) is 0 Å². The van der Waals surface area contributed by atoms with Crippen LogP contribution in [-0.2, 0) is 61.0 Å². The van der Waals surface area contributed by atoms with Gasteiger partial charge in [-0.3, -0.25) is 0 Å². The van der Waals surface area contributed by atoms with Crippen molar-refractivity contribution >= 4 is 26.2 Å². The molecule has 36 valence electrons. The van der Waals surface area contributed by atoms with Crippen molar-refractivity contribution in [3.8, 4) is 0 Å². The molecule has 4 heavy (non-hydrogen) atoms. The largest absolute Gasteiger partial charge is 0 e. The molecule has 0 saturated heterocycles. The van der Waals surface area contributed by atoms with Gasteiger partial charge in [0.1, 0.15) is 0 Å². The summed E-state index contributed by atoms with van der Waals surface area (Å²) in [7, 11) is 0. The third-order valence-electron chi connectivity index (χ3n) is 0. The summed E-state index contributed by atoms with van der Waals surface area (Å²) in [5.74, 6) is 0. The van der Waals surface area contributed by atoms with Gasteiger partial charge in [-0.25, -0.2) is 0 Å². The van der Waals surface area contributed by atoms with Gasteiger partial charge in [-0.1, -0.05) is 0 Å². The van der Waals surface area contributed by atoms with E-state index < -0.39 is 0 Å². The van der Waals surface area contributed by atoms with E-state index >= 15 is 0 Å². The number of rotatable bonds is 0. The van der Waals surface area contributed by atoms with E-state index in [9.17, 15) is 0 Å². The molecule has 0 aromatic heterocycles. The monoisotopic (exact) mass is 615 g/mol. The topological polar surface area (TPSA) is 0 Å². The molecule has 0 radical (unpaired) electrons. The van der Waals surface area contributed by atoms with Crippen LogP contribution in [0, 0.1) is 0 Å². The summed E-state index contributed by atoms with van der Waals surface area (Å²) in [6, 6.07) is 0. The SMILES string of the molecule is [BiH3].[Pd].[Pt].[Ru]. The van der Waals surface area contributed by atoms with Gasteiger partial charge in [0.2, 0.25) is 0 Å². The smallest absolute Gasteiger partial charge is 0 e. The van der Waals surface area contributed by atoms with E-state index in [1.54, 1.807) is 0 Å². The Balaban J connectivity index is 0. The third-order valence-corrected chi connectivity index (χ3v) is 0. The Morgan fingerprint density at radius 1 is 1.00 bits per heavy atom. The van der Waals surface area contributed by atoms with Gasteiger partial charge in [-0.05, 0) is 0 Å². The summed E-state index contributed by atoms with van der Waals surface area (Å²) >= 11 is 0. The molecule has 0 heterocycles. The molecule has 0 fully saturated rings. The average Bonchev–Trinajstić information content (AvgIpc) is 0. The van der Waals surface area contributed by atoms with Crippen LogP contribution in [0.1, 0.15) is 0 Å². The van der Waals surface area contributed by atoms with Crippen LogP contribution >= 0.6 is 0 Å². The van der Waals surface area contributed by atoms with E-state index in [1.807, 2.05) is 0 Å². The summed E-state index contributed by atoms with van der Waals surface area (Å²) in [4.78, 5) is 0. The predicted molar refractivity (Wildman–Crippen MR) is 9.94 cm³/mol. The van der Waals surface area contributed by atoms with E-state index in [1.165, 1.54) is 0 Å². The van der Waals surface area contributed by atoms with E-state index in [-0.39, 0.29) is 87.2 Å². The summed E-state index contributed by atoms with van der Waals surface area (Å²) in [5.41, 5.74) is 0. The van der Waals surface area contributed by atoms with Crippen LogP contribution in [0.3, 0.4) is 0 Å². The molecule has 0 aromatic carbocycles. The Hall–Kier alpha value is 2.86. The minimum atomic E-state index is 0. The zero-order valence-electron chi connectivity index (χ0n) is 1.69.